The second-order valence-corrected chi connectivity index (χ2v) is 9.11. The van der Waals surface area contributed by atoms with Gasteiger partial charge in [0.1, 0.15) is 0 Å². The number of benzene rings is 2. The van der Waals surface area contributed by atoms with Crippen molar-refractivity contribution in [2.45, 2.75) is 38.8 Å². The Morgan fingerprint density at radius 1 is 1.00 bits per heavy atom. The molecule has 2 unspecified atom stereocenters. The number of hydrogen-bond acceptors (Lipinski definition) is 3. The number of nitrogens with zero attached hydrogens (tertiary/aromatic N) is 1. The van der Waals surface area contributed by atoms with E-state index in [1.54, 1.807) is 5.57 Å². The minimum atomic E-state index is 0.132. The zero-order valence-electron chi connectivity index (χ0n) is 18.9. The lowest BCUT2D eigenvalue weighted by molar-refractivity contribution is -0.126. The highest BCUT2D eigenvalue weighted by Crippen LogP contribution is 2.39. The lowest BCUT2D eigenvalue weighted by Gasteiger charge is -2.40. The van der Waals surface area contributed by atoms with Gasteiger partial charge in [-0.05, 0) is 67.0 Å². The van der Waals surface area contributed by atoms with Crippen molar-refractivity contribution >= 4 is 23.6 Å². The fraction of sp³-hybridized carbons (Fsp3) is 0.393. The van der Waals surface area contributed by atoms with Crippen LogP contribution in [0.2, 0.25) is 0 Å². The lowest BCUT2D eigenvalue weighted by Crippen LogP contribution is -2.54. The number of likely N-dealkylation sites (tertiary alicyclic amines) is 1. The van der Waals surface area contributed by atoms with Gasteiger partial charge in [0, 0.05) is 25.6 Å². The van der Waals surface area contributed by atoms with Gasteiger partial charge in [-0.25, -0.2) is 0 Å². The van der Waals surface area contributed by atoms with Crippen LogP contribution in [0.25, 0.3) is 17.7 Å². The minimum Gasteiger partial charge on any atom is -0.356 e. The molecule has 4 heteroatoms. The van der Waals surface area contributed by atoms with E-state index in [0.29, 0.717) is 12.7 Å². The van der Waals surface area contributed by atoms with Gasteiger partial charge in [-0.1, -0.05) is 66.3 Å². The Morgan fingerprint density at radius 3 is 2.25 bits per heavy atom. The van der Waals surface area contributed by atoms with E-state index < -0.39 is 0 Å². The summed E-state index contributed by atoms with van der Waals surface area (Å²) in [5.74, 6) is 0.352. The average Bonchev–Trinajstić information content (AvgIpc) is 3.01. The quantitative estimate of drug-likeness (QED) is 0.646. The number of hydrogen-bond donors (Lipinski definition) is 2. The van der Waals surface area contributed by atoms with E-state index in [0.717, 1.165) is 45.3 Å². The molecule has 2 atom stereocenters. The number of piperidine rings is 2. The monoisotopic (exact) mass is 427 g/mol. The van der Waals surface area contributed by atoms with Crippen LogP contribution >= 0.6 is 0 Å². The summed E-state index contributed by atoms with van der Waals surface area (Å²) in [4.78, 5) is 14.9. The van der Waals surface area contributed by atoms with Gasteiger partial charge in [-0.15, -0.1) is 0 Å². The van der Waals surface area contributed by atoms with E-state index in [9.17, 15) is 4.79 Å². The van der Waals surface area contributed by atoms with Crippen molar-refractivity contribution in [2.75, 3.05) is 26.2 Å². The summed E-state index contributed by atoms with van der Waals surface area (Å²) >= 11 is 0. The Kier molecular flexibility index (Phi) is 6.24. The highest BCUT2D eigenvalue weighted by molar-refractivity contribution is 5.94. The van der Waals surface area contributed by atoms with Gasteiger partial charge in [-0.3, -0.25) is 9.69 Å². The maximum absolute atomic E-state index is 12.4. The molecule has 4 nitrogen and oxygen atoms in total. The summed E-state index contributed by atoms with van der Waals surface area (Å²) in [5, 5.41) is 6.69. The molecular formula is C28H33N3O. The van der Waals surface area contributed by atoms with E-state index >= 15 is 0 Å². The van der Waals surface area contributed by atoms with Crippen LogP contribution in [-0.2, 0) is 4.79 Å². The first kappa shape index (κ1) is 21.2. The molecule has 2 saturated heterocycles. The highest BCUT2D eigenvalue weighted by atomic mass is 16.1. The molecule has 2 N–H and O–H groups in total. The predicted molar refractivity (Wildman–Crippen MR) is 132 cm³/mol. The summed E-state index contributed by atoms with van der Waals surface area (Å²) in [6.07, 6.45) is 8.80. The molecule has 0 radical (unpaired) electrons. The number of rotatable bonds is 3. The molecule has 0 aromatic heterocycles. The van der Waals surface area contributed by atoms with Crippen LogP contribution < -0.4 is 10.6 Å². The van der Waals surface area contributed by atoms with Crippen molar-refractivity contribution in [1.29, 1.82) is 0 Å². The maximum atomic E-state index is 12.4. The van der Waals surface area contributed by atoms with E-state index in [-0.39, 0.29) is 11.8 Å². The van der Waals surface area contributed by atoms with Crippen molar-refractivity contribution < 1.29 is 4.79 Å². The third kappa shape index (κ3) is 4.17. The molecule has 2 aliphatic heterocycles. The molecule has 2 aromatic carbocycles. The van der Waals surface area contributed by atoms with Gasteiger partial charge in [0.05, 0.1) is 6.17 Å². The van der Waals surface area contributed by atoms with Gasteiger partial charge >= 0.3 is 0 Å². The summed E-state index contributed by atoms with van der Waals surface area (Å²) in [7, 11) is 0. The van der Waals surface area contributed by atoms with Gasteiger partial charge in [0.25, 0.3) is 0 Å². The van der Waals surface area contributed by atoms with Crippen molar-refractivity contribution in [1.82, 2.24) is 15.5 Å². The van der Waals surface area contributed by atoms with E-state index in [2.05, 4.69) is 76.2 Å². The van der Waals surface area contributed by atoms with Crippen molar-refractivity contribution in [3.63, 3.8) is 0 Å². The van der Waals surface area contributed by atoms with E-state index in [1.165, 1.54) is 27.8 Å². The number of nitrogens with one attached hydrogen (secondary N) is 2. The first-order valence-corrected chi connectivity index (χ1v) is 12.1. The molecule has 1 amide bonds. The van der Waals surface area contributed by atoms with Crippen LogP contribution in [-0.4, -0.2) is 43.2 Å². The molecule has 0 bridgehead atoms. The Hall–Kier alpha value is -2.69. The fourth-order valence-electron chi connectivity index (χ4n) is 5.53. The molecule has 0 saturated carbocycles. The normalized spacial score (nSPS) is 23.3. The molecule has 5 rings (SSSR count). The van der Waals surface area contributed by atoms with Crippen LogP contribution in [0, 0.1) is 5.92 Å². The van der Waals surface area contributed by atoms with Crippen LogP contribution in [0.3, 0.4) is 0 Å². The number of fused-ring (bicyclic) bond motifs is 2. The topological polar surface area (TPSA) is 44.4 Å². The summed E-state index contributed by atoms with van der Waals surface area (Å²) in [6, 6.07) is 17.6. The molecular weight excluding hydrogens is 394 g/mol. The van der Waals surface area contributed by atoms with Crippen molar-refractivity contribution in [3.05, 3.63) is 76.4 Å². The smallest absolute Gasteiger partial charge is 0.223 e. The second-order valence-electron chi connectivity index (χ2n) is 9.11. The molecule has 2 heterocycles. The number of amides is 1. The zero-order valence-corrected chi connectivity index (χ0v) is 18.9. The first-order chi connectivity index (χ1) is 15.7. The third-order valence-electron chi connectivity index (χ3n) is 7.20. The molecule has 2 fully saturated rings. The van der Waals surface area contributed by atoms with Gasteiger partial charge < -0.3 is 10.6 Å². The molecule has 2 aromatic rings. The lowest BCUT2D eigenvalue weighted by atomic mass is 9.85. The Balaban J connectivity index is 1.38. The average molecular weight is 428 g/mol. The van der Waals surface area contributed by atoms with Crippen molar-refractivity contribution in [3.8, 4) is 0 Å². The standard InChI is InChI=1S/C28H33N3O/c1-2-29-28(32)23-13-16-30-26(19-23)31-17-14-22(15-18-31)27-24-9-5-3-7-20(24)11-12-21-8-4-6-10-25(21)27/h3-12,23,26,30H,2,13-19H2,1H3,(H,29,32). The van der Waals surface area contributed by atoms with Crippen LogP contribution in [0.4, 0.5) is 0 Å². The number of carbonyl (C=O) groups excluding carboxylic acids is 1. The van der Waals surface area contributed by atoms with Crippen LogP contribution in [0.1, 0.15) is 54.9 Å². The molecule has 166 valence electrons. The van der Waals surface area contributed by atoms with Gasteiger partial charge in [0.15, 0.2) is 0 Å². The third-order valence-corrected chi connectivity index (χ3v) is 7.20. The van der Waals surface area contributed by atoms with Gasteiger partial charge in [-0.2, -0.15) is 0 Å². The summed E-state index contributed by atoms with van der Waals surface area (Å²) < 4.78 is 0. The van der Waals surface area contributed by atoms with Crippen molar-refractivity contribution in [2.24, 2.45) is 5.92 Å². The van der Waals surface area contributed by atoms with Crippen LogP contribution in [0.5, 0.6) is 0 Å². The largest absolute Gasteiger partial charge is 0.356 e. The predicted octanol–water partition coefficient (Wildman–Crippen LogP) is 4.53. The fourth-order valence-corrected chi connectivity index (χ4v) is 5.53. The SMILES string of the molecule is CCNC(=O)C1CCNC(N2CCC(=C3c4ccccc4C=Cc4ccccc43)CC2)C1. The maximum Gasteiger partial charge on any atom is 0.223 e. The highest BCUT2D eigenvalue weighted by Gasteiger charge is 2.32. The van der Waals surface area contributed by atoms with E-state index in [4.69, 9.17) is 0 Å². The number of carbonyl (C=O) groups is 1. The van der Waals surface area contributed by atoms with Crippen LogP contribution in [0.15, 0.2) is 54.1 Å². The molecule has 32 heavy (non-hydrogen) atoms. The molecule has 0 spiro atoms. The Morgan fingerprint density at radius 2 is 1.62 bits per heavy atom. The first-order valence-electron chi connectivity index (χ1n) is 12.1. The zero-order chi connectivity index (χ0) is 21.9. The Bertz CT molecular complexity index is 993. The Labute approximate surface area is 191 Å². The molecule has 1 aliphatic carbocycles. The summed E-state index contributed by atoms with van der Waals surface area (Å²) in [5.41, 5.74) is 8.28. The van der Waals surface area contributed by atoms with E-state index in [1.807, 2.05) is 6.92 Å². The minimum absolute atomic E-state index is 0.132. The second kappa shape index (κ2) is 9.43. The molecule has 3 aliphatic rings. The summed E-state index contributed by atoms with van der Waals surface area (Å²) in [6.45, 7) is 5.71. The van der Waals surface area contributed by atoms with Gasteiger partial charge in [0.2, 0.25) is 5.91 Å².